The molecule has 2 rings (SSSR count). The first kappa shape index (κ1) is 16.2. The lowest BCUT2D eigenvalue weighted by atomic mass is 9.94. The van der Waals surface area contributed by atoms with Crippen LogP contribution in [-0.2, 0) is 14.8 Å². The molecule has 0 radical (unpaired) electrons. The maximum Gasteiger partial charge on any atom is 0.244 e. The number of ether oxygens (including phenoxy) is 1. The molecular weight excluding hydrogens is 290 g/mol. The molecule has 1 aliphatic heterocycles. The first-order valence-corrected chi connectivity index (χ1v) is 8.81. The molecule has 0 bridgehead atoms. The van der Waals surface area contributed by atoms with Gasteiger partial charge in [0.05, 0.1) is 5.69 Å². The van der Waals surface area contributed by atoms with Crippen LogP contribution in [0.1, 0.15) is 26.7 Å². The molecule has 0 saturated carbocycles. The van der Waals surface area contributed by atoms with E-state index in [4.69, 9.17) is 4.74 Å². The Kier molecular flexibility index (Phi) is 5.55. The van der Waals surface area contributed by atoms with Gasteiger partial charge in [-0.2, -0.15) is 0 Å². The lowest BCUT2D eigenvalue weighted by Crippen LogP contribution is -2.40. The summed E-state index contributed by atoms with van der Waals surface area (Å²) in [5.41, 5.74) is 0.583. The third-order valence-electron chi connectivity index (χ3n) is 3.76. The Hall–Kier alpha value is -1.18. The Bertz CT molecular complexity index is 556. The largest absolute Gasteiger partial charge is 0.384 e. The second-order valence-electron chi connectivity index (χ2n) is 5.26. The Morgan fingerprint density at radius 3 is 2.81 bits per heavy atom. The van der Waals surface area contributed by atoms with E-state index in [1.807, 2.05) is 13.8 Å². The van der Waals surface area contributed by atoms with Crippen molar-refractivity contribution in [2.24, 2.45) is 5.92 Å². The van der Waals surface area contributed by atoms with Crippen LogP contribution < -0.4 is 10.0 Å². The Morgan fingerprint density at radius 1 is 1.43 bits per heavy atom. The number of nitrogens with zero attached hydrogens (tertiary/aromatic N) is 1. The predicted octanol–water partition coefficient (Wildman–Crippen LogP) is 1.61. The van der Waals surface area contributed by atoms with Crippen molar-refractivity contribution in [1.29, 1.82) is 0 Å². The van der Waals surface area contributed by atoms with Crippen LogP contribution in [0.5, 0.6) is 0 Å². The molecule has 0 amide bonds. The average molecular weight is 313 g/mol. The third kappa shape index (κ3) is 4.15. The monoisotopic (exact) mass is 313 g/mol. The number of anilines is 1. The molecule has 6 nitrogen and oxygen atoms in total. The number of hydrogen-bond acceptors (Lipinski definition) is 5. The van der Waals surface area contributed by atoms with Gasteiger partial charge >= 0.3 is 0 Å². The molecule has 1 aliphatic rings. The van der Waals surface area contributed by atoms with Crippen molar-refractivity contribution in [3.05, 3.63) is 18.5 Å². The van der Waals surface area contributed by atoms with E-state index in [1.165, 1.54) is 6.20 Å². The van der Waals surface area contributed by atoms with Crippen molar-refractivity contribution < 1.29 is 13.2 Å². The van der Waals surface area contributed by atoms with Crippen LogP contribution in [0.4, 0.5) is 5.69 Å². The standard InChI is InChI=1S/C14H23N3O3S/c1-3-16-13-4-7-15-10-14(13)21(18,19)17-11(2)12-5-8-20-9-6-12/h4,7,10-12,17H,3,5-6,8-9H2,1-2H3,(H,15,16). The van der Waals surface area contributed by atoms with E-state index in [9.17, 15) is 8.42 Å². The molecule has 1 aromatic heterocycles. The van der Waals surface area contributed by atoms with Gasteiger partial charge in [-0.1, -0.05) is 0 Å². The van der Waals surface area contributed by atoms with Crippen LogP contribution in [0.15, 0.2) is 23.4 Å². The lowest BCUT2D eigenvalue weighted by molar-refractivity contribution is 0.0585. The SMILES string of the molecule is CCNc1ccncc1S(=O)(=O)NC(C)C1CCOCC1. The summed E-state index contributed by atoms with van der Waals surface area (Å²) >= 11 is 0. The Balaban J connectivity index is 2.14. The van der Waals surface area contributed by atoms with Crippen LogP contribution in [0.3, 0.4) is 0 Å². The zero-order chi connectivity index (χ0) is 15.3. The highest BCUT2D eigenvalue weighted by Crippen LogP contribution is 2.23. The van der Waals surface area contributed by atoms with E-state index >= 15 is 0 Å². The summed E-state index contributed by atoms with van der Waals surface area (Å²) < 4.78 is 33.2. The zero-order valence-electron chi connectivity index (χ0n) is 12.5. The second-order valence-corrected chi connectivity index (χ2v) is 6.94. The topological polar surface area (TPSA) is 80.3 Å². The highest BCUT2D eigenvalue weighted by atomic mass is 32.2. The van der Waals surface area contributed by atoms with E-state index in [0.717, 1.165) is 12.8 Å². The molecule has 0 aromatic carbocycles. The summed E-state index contributed by atoms with van der Waals surface area (Å²) in [6.07, 6.45) is 4.74. The van der Waals surface area contributed by atoms with Gasteiger partial charge in [0.2, 0.25) is 10.0 Å². The van der Waals surface area contributed by atoms with Crippen molar-refractivity contribution in [3.8, 4) is 0 Å². The quantitative estimate of drug-likeness (QED) is 0.834. The van der Waals surface area contributed by atoms with E-state index < -0.39 is 10.0 Å². The van der Waals surface area contributed by atoms with Gasteiger partial charge in [0.1, 0.15) is 4.90 Å². The van der Waals surface area contributed by atoms with Gasteiger partial charge < -0.3 is 10.1 Å². The maximum atomic E-state index is 12.6. The lowest BCUT2D eigenvalue weighted by Gasteiger charge is -2.28. The van der Waals surface area contributed by atoms with Gasteiger partial charge in [0.15, 0.2) is 0 Å². The molecule has 0 spiro atoms. The molecule has 118 valence electrons. The van der Waals surface area contributed by atoms with E-state index in [1.54, 1.807) is 12.3 Å². The average Bonchev–Trinajstić information content (AvgIpc) is 2.48. The highest BCUT2D eigenvalue weighted by Gasteiger charge is 2.27. The van der Waals surface area contributed by atoms with E-state index in [0.29, 0.717) is 31.4 Å². The van der Waals surface area contributed by atoms with Crippen LogP contribution in [0.25, 0.3) is 0 Å². The van der Waals surface area contributed by atoms with Crippen molar-refractivity contribution in [1.82, 2.24) is 9.71 Å². The zero-order valence-corrected chi connectivity index (χ0v) is 13.3. The molecular formula is C14H23N3O3S. The summed E-state index contributed by atoms with van der Waals surface area (Å²) in [6.45, 7) is 5.90. The van der Waals surface area contributed by atoms with Crippen LogP contribution >= 0.6 is 0 Å². The Morgan fingerprint density at radius 2 is 2.14 bits per heavy atom. The number of pyridine rings is 1. The number of hydrogen-bond donors (Lipinski definition) is 2. The number of aromatic nitrogens is 1. The van der Waals surface area contributed by atoms with Gasteiger partial charge in [0.25, 0.3) is 0 Å². The number of sulfonamides is 1. The number of rotatable bonds is 6. The fourth-order valence-electron chi connectivity index (χ4n) is 2.55. The van der Waals surface area contributed by atoms with Crippen molar-refractivity contribution in [2.75, 3.05) is 25.1 Å². The molecule has 1 aromatic rings. The molecule has 0 aliphatic carbocycles. The van der Waals surface area contributed by atoms with E-state index in [2.05, 4.69) is 15.0 Å². The first-order chi connectivity index (χ1) is 10.0. The van der Waals surface area contributed by atoms with Crippen molar-refractivity contribution >= 4 is 15.7 Å². The van der Waals surface area contributed by atoms with E-state index in [-0.39, 0.29) is 10.9 Å². The van der Waals surface area contributed by atoms with Gasteiger partial charge in [-0.05, 0) is 38.7 Å². The molecule has 2 N–H and O–H groups in total. The second kappa shape index (κ2) is 7.20. The fraction of sp³-hybridized carbons (Fsp3) is 0.643. The molecule has 21 heavy (non-hydrogen) atoms. The minimum atomic E-state index is -3.58. The summed E-state index contributed by atoms with van der Waals surface area (Å²) in [4.78, 5) is 4.13. The molecule has 1 saturated heterocycles. The minimum Gasteiger partial charge on any atom is -0.384 e. The molecule has 2 heterocycles. The maximum absolute atomic E-state index is 12.6. The number of nitrogens with one attached hydrogen (secondary N) is 2. The van der Waals surface area contributed by atoms with Gasteiger partial charge in [-0.15, -0.1) is 0 Å². The summed E-state index contributed by atoms with van der Waals surface area (Å²) in [5.74, 6) is 0.313. The van der Waals surface area contributed by atoms with Crippen molar-refractivity contribution in [3.63, 3.8) is 0 Å². The normalized spacial score (nSPS) is 18.4. The van der Waals surface area contributed by atoms with Crippen LogP contribution in [-0.4, -0.2) is 39.2 Å². The van der Waals surface area contributed by atoms with Crippen LogP contribution in [0, 0.1) is 5.92 Å². The Labute approximate surface area is 126 Å². The first-order valence-electron chi connectivity index (χ1n) is 7.32. The highest BCUT2D eigenvalue weighted by molar-refractivity contribution is 7.89. The smallest absolute Gasteiger partial charge is 0.244 e. The molecule has 1 fully saturated rings. The van der Waals surface area contributed by atoms with Gasteiger partial charge in [-0.25, -0.2) is 13.1 Å². The summed E-state index contributed by atoms with van der Waals surface area (Å²) in [7, 11) is -3.58. The molecule has 1 unspecified atom stereocenters. The third-order valence-corrected chi connectivity index (χ3v) is 5.34. The molecule has 7 heteroatoms. The van der Waals surface area contributed by atoms with Crippen LogP contribution in [0.2, 0.25) is 0 Å². The summed E-state index contributed by atoms with van der Waals surface area (Å²) in [5, 5.41) is 3.06. The van der Waals surface area contributed by atoms with Crippen molar-refractivity contribution in [2.45, 2.75) is 37.6 Å². The van der Waals surface area contributed by atoms with Gasteiger partial charge in [-0.3, -0.25) is 4.98 Å². The predicted molar refractivity (Wildman–Crippen MR) is 81.7 cm³/mol. The molecule has 1 atom stereocenters. The summed E-state index contributed by atoms with van der Waals surface area (Å²) in [6, 6.07) is 1.56. The van der Waals surface area contributed by atoms with Gasteiger partial charge in [0, 0.05) is 38.2 Å². The minimum absolute atomic E-state index is 0.117. The fourth-order valence-corrected chi connectivity index (χ4v) is 3.99.